The Labute approximate surface area is 200 Å². The van der Waals surface area contributed by atoms with Gasteiger partial charge in [-0.05, 0) is 84.9 Å². The SMILES string of the molecule is CN1CC2C1C1(C)C[C@H](C(=O)NCc3ccc(O)cc3O)CC13c1cc(O)ccc1CC[C@]23C. The van der Waals surface area contributed by atoms with Gasteiger partial charge in [-0.15, -0.1) is 0 Å². The number of rotatable bonds is 3. The molecule has 1 saturated heterocycles. The van der Waals surface area contributed by atoms with Crippen LogP contribution in [0.4, 0.5) is 0 Å². The minimum absolute atomic E-state index is 0.000828. The molecular weight excluding hydrogens is 428 g/mol. The molecule has 3 fully saturated rings. The molecule has 4 N–H and O–H groups in total. The molecule has 4 unspecified atom stereocenters. The van der Waals surface area contributed by atoms with Crippen LogP contribution in [0.5, 0.6) is 17.2 Å². The molecule has 6 heteroatoms. The first kappa shape index (κ1) is 21.8. The number of carbonyl (C=O) groups excluding carboxylic acids is 1. The summed E-state index contributed by atoms with van der Waals surface area (Å²) in [7, 11) is 2.21. The van der Waals surface area contributed by atoms with Gasteiger partial charge in [-0.1, -0.05) is 19.9 Å². The maximum Gasteiger partial charge on any atom is 0.223 e. The lowest BCUT2D eigenvalue weighted by Gasteiger charge is -2.54. The number of hydrogen-bond acceptors (Lipinski definition) is 5. The molecule has 180 valence electrons. The minimum Gasteiger partial charge on any atom is -0.508 e. The summed E-state index contributed by atoms with van der Waals surface area (Å²) in [6.07, 6.45) is 3.74. The highest BCUT2D eigenvalue weighted by Gasteiger charge is 2.79. The number of nitrogens with one attached hydrogen (secondary N) is 1. The van der Waals surface area contributed by atoms with Crippen molar-refractivity contribution in [2.75, 3.05) is 13.6 Å². The molecule has 6 atom stereocenters. The highest BCUT2D eigenvalue weighted by Crippen LogP contribution is 2.79. The van der Waals surface area contributed by atoms with E-state index < -0.39 is 0 Å². The summed E-state index contributed by atoms with van der Waals surface area (Å²) >= 11 is 0. The number of hydrogen-bond donors (Lipinski definition) is 4. The fourth-order valence-electron chi connectivity index (χ4n) is 9.02. The van der Waals surface area contributed by atoms with E-state index in [9.17, 15) is 20.1 Å². The maximum absolute atomic E-state index is 13.5. The molecular formula is C28H34N2O4. The largest absolute Gasteiger partial charge is 0.508 e. The van der Waals surface area contributed by atoms with Crippen molar-refractivity contribution in [2.45, 2.75) is 57.5 Å². The standard InChI is InChI=1S/C28H34N2O4/c1-26-9-8-16-4-6-19(31)10-21(16)28(26)13-18(12-27(28,2)24-22(26)15-30(24)3)25(34)29-14-17-5-7-20(32)11-23(17)33/h4-7,10-11,18,22,24,31-33H,8-9,12-15H2,1-3H3,(H,29,34)/t18-,22?,24?,26+,27?,28?/m0/s1. The van der Waals surface area contributed by atoms with Gasteiger partial charge in [0.25, 0.3) is 0 Å². The fraction of sp³-hybridized carbons (Fsp3) is 0.536. The van der Waals surface area contributed by atoms with Crippen molar-refractivity contribution >= 4 is 5.91 Å². The first-order valence-electron chi connectivity index (χ1n) is 12.4. The van der Waals surface area contributed by atoms with Gasteiger partial charge in [0.05, 0.1) is 0 Å². The molecule has 2 aromatic rings. The lowest BCUT2D eigenvalue weighted by Crippen LogP contribution is -2.59. The molecule has 4 aliphatic rings. The quantitative estimate of drug-likeness (QED) is 0.559. The van der Waals surface area contributed by atoms with Gasteiger partial charge in [0.2, 0.25) is 5.91 Å². The second-order valence-electron chi connectivity index (χ2n) is 11.7. The smallest absolute Gasteiger partial charge is 0.223 e. The van der Waals surface area contributed by atoms with Crippen LogP contribution in [0.3, 0.4) is 0 Å². The van der Waals surface area contributed by atoms with Crippen molar-refractivity contribution in [1.82, 2.24) is 10.2 Å². The lowest BCUT2D eigenvalue weighted by molar-refractivity contribution is -0.126. The van der Waals surface area contributed by atoms with Crippen molar-refractivity contribution < 1.29 is 20.1 Å². The molecule has 2 aromatic carbocycles. The molecule has 1 amide bonds. The van der Waals surface area contributed by atoms with Crippen LogP contribution in [0.1, 0.15) is 49.8 Å². The van der Waals surface area contributed by atoms with Crippen LogP contribution in [-0.2, 0) is 23.2 Å². The van der Waals surface area contributed by atoms with E-state index >= 15 is 0 Å². The average molecular weight is 463 g/mol. The van der Waals surface area contributed by atoms with Gasteiger partial charge in [0.15, 0.2) is 0 Å². The number of benzene rings is 2. The van der Waals surface area contributed by atoms with Crippen molar-refractivity contribution in [2.24, 2.45) is 22.7 Å². The Hall–Kier alpha value is -2.73. The molecule has 6 nitrogen and oxygen atoms in total. The Balaban J connectivity index is 1.37. The van der Waals surface area contributed by atoms with Crippen LogP contribution in [0.2, 0.25) is 0 Å². The molecule has 0 aromatic heterocycles. The van der Waals surface area contributed by atoms with Crippen molar-refractivity contribution in [3.63, 3.8) is 0 Å². The zero-order chi connectivity index (χ0) is 24.0. The number of carbonyl (C=O) groups is 1. The van der Waals surface area contributed by atoms with Gasteiger partial charge in [-0.25, -0.2) is 0 Å². The summed E-state index contributed by atoms with van der Waals surface area (Å²) < 4.78 is 0. The van der Waals surface area contributed by atoms with Crippen molar-refractivity contribution in [1.29, 1.82) is 0 Å². The number of fused-ring (bicyclic) bond motifs is 4. The highest BCUT2D eigenvalue weighted by molar-refractivity contribution is 5.80. The van der Waals surface area contributed by atoms with E-state index in [0.717, 1.165) is 32.2 Å². The van der Waals surface area contributed by atoms with Crippen LogP contribution in [0.15, 0.2) is 36.4 Å². The number of aryl methyl sites for hydroxylation is 1. The van der Waals surface area contributed by atoms with E-state index in [2.05, 4.69) is 37.2 Å². The zero-order valence-electron chi connectivity index (χ0n) is 20.1. The molecule has 1 heterocycles. The number of aromatic hydroxyl groups is 3. The summed E-state index contributed by atoms with van der Waals surface area (Å²) in [6.45, 7) is 6.17. The summed E-state index contributed by atoms with van der Waals surface area (Å²) in [6, 6.07) is 10.8. The van der Waals surface area contributed by atoms with E-state index in [4.69, 9.17) is 0 Å². The third-order valence-electron chi connectivity index (χ3n) is 10.3. The van der Waals surface area contributed by atoms with Crippen LogP contribution in [0, 0.1) is 22.7 Å². The molecule has 0 bridgehead atoms. The van der Waals surface area contributed by atoms with Gasteiger partial charge in [0, 0.05) is 42.1 Å². The van der Waals surface area contributed by atoms with E-state index in [1.54, 1.807) is 12.1 Å². The molecule has 34 heavy (non-hydrogen) atoms. The van der Waals surface area contributed by atoms with Gasteiger partial charge in [-0.3, -0.25) is 4.79 Å². The highest BCUT2D eigenvalue weighted by atomic mass is 16.3. The summed E-state index contributed by atoms with van der Waals surface area (Å²) in [5.74, 6) is 0.787. The van der Waals surface area contributed by atoms with Crippen LogP contribution in [0.25, 0.3) is 0 Å². The Morgan fingerprint density at radius 3 is 2.53 bits per heavy atom. The van der Waals surface area contributed by atoms with Crippen molar-refractivity contribution in [3.8, 4) is 17.2 Å². The summed E-state index contributed by atoms with van der Waals surface area (Å²) in [5, 5.41) is 33.2. The second-order valence-corrected chi connectivity index (χ2v) is 11.7. The molecule has 1 aliphatic heterocycles. The van der Waals surface area contributed by atoms with E-state index in [1.807, 2.05) is 6.07 Å². The van der Waals surface area contributed by atoms with Gasteiger partial charge in [0.1, 0.15) is 17.2 Å². The fourth-order valence-corrected chi connectivity index (χ4v) is 9.02. The number of nitrogens with zero attached hydrogens (tertiary/aromatic N) is 1. The number of likely N-dealkylation sites (tertiary alicyclic amines) is 1. The second kappa shape index (κ2) is 6.91. The zero-order valence-corrected chi connectivity index (χ0v) is 20.1. The van der Waals surface area contributed by atoms with Gasteiger partial charge >= 0.3 is 0 Å². The predicted molar refractivity (Wildman–Crippen MR) is 129 cm³/mol. The van der Waals surface area contributed by atoms with Crippen LogP contribution in [-0.4, -0.2) is 45.8 Å². The van der Waals surface area contributed by atoms with Crippen LogP contribution < -0.4 is 5.32 Å². The Morgan fingerprint density at radius 2 is 1.79 bits per heavy atom. The summed E-state index contributed by atoms with van der Waals surface area (Å²) in [4.78, 5) is 16.0. The van der Waals surface area contributed by atoms with Crippen LogP contribution >= 0.6 is 0 Å². The first-order chi connectivity index (χ1) is 16.1. The molecule has 0 radical (unpaired) electrons. The molecule has 1 spiro atoms. The predicted octanol–water partition coefficient (Wildman–Crippen LogP) is 3.67. The molecule has 3 aliphatic carbocycles. The minimum atomic E-state index is -0.158. The third kappa shape index (κ3) is 2.52. The lowest BCUT2D eigenvalue weighted by atomic mass is 9.49. The number of phenols is 3. The monoisotopic (exact) mass is 462 g/mol. The van der Waals surface area contributed by atoms with Gasteiger partial charge < -0.3 is 25.5 Å². The maximum atomic E-state index is 13.5. The normalized spacial score (nSPS) is 37.8. The van der Waals surface area contributed by atoms with E-state index in [-0.39, 0.29) is 46.1 Å². The third-order valence-corrected chi connectivity index (χ3v) is 10.3. The first-order valence-corrected chi connectivity index (χ1v) is 12.4. The Kier molecular flexibility index (Phi) is 4.43. The molecule has 2 saturated carbocycles. The number of phenolic OH excluding ortho intramolecular Hbond substituents is 3. The van der Waals surface area contributed by atoms with Crippen molar-refractivity contribution in [3.05, 3.63) is 53.1 Å². The topological polar surface area (TPSA) is 93.0 Å². The Morgan fingerprint density at radius 1 is 1.06 bits per heavy atom. The molecule has 6 rings (SSSR count). The van der Waals surface area contributed by atoms with Gasteiger partial charge in [-0.2, -0.15) is 0 Å². The summed E-state index contributed by atoms with van der Waals surface area (Å²) in [5.41, 5.74) is 3.04. The van der Waals surface area contributed by atoms with E-state index in [1.165, 1.54) is 23.3 Å². The van der Waals surface area contributed by atoms with E-state index in [0.29, 0.717) is 23.3 Å². The number of amides is 1. The average Bonchev–Trinajstić information content (AvgIpc) is 3.14. The Bertz CT molecular complexity index is 1200.